The fourth-order valence-corrected chi connectivity index (χ4v) is 1.96. The summed E-state index contributed by atoms with van der Waals surface area (Å²) < 4.78 is 10.3. The molecular weight excluding hydrogens is 242 g/mol. The molecule has 0 aliphatic rings. The average Bonchev–Trinajstić information content (AvgIpc) is 2.42. The fourth-order valence-electron chi connectivity index (χ4n) is 1.96. The van der Waals surface area contributed by atoms with Gasteiger partial charge in [-0.3, -0.25) is 0 Å². The van der Waals surface area contributed by atoms with Crippen LogP contribution in [0.1, 0.15) is 30.1 Å². The summed E-state index contributed by atoms with van der Waals surface area (Å²) >= 11 is 0. The number of aliphatic hydroxyl groups is 1. The molecule has 0 aliphatic carbocycles. The molecule has 0 amide bonds. The van der Waals surface area contributed by atoms with Crippen molar-refractivity contribution < 1.29 is 14.6 Å². The van der Waals surface area contributed by atoms with Gasteiger partial charge in [-0.2, -0.15) is 0 Å². The van der Waals surface area contributed by atoms with Crippen LogP contribution < -0.4 is 10.1 Å². The second-order valence-electron chi connectivity index (χ2n) is 4.67. The van der Waals surface area contributed by atoms with Crippen LogP contribution in [-0.2, 0) is 4.74 Å². The molecule has 0 spiro atoms. The molecule has 1 aromatic rings. The second-order valence-corrected chi connectivity index (χ2v) is 4.67. The number of methoxy groups -OCH3 is 2. The SMILES string of the molecule is COCCCCNCC(O)c1cc(C)ccc1OC. The Bertz CT molecular complexity index is 368. The molecule has 4 nitrogen and oxygen atoms in total. The topological polar surface area (TPSA) is 50.7 Å². The summed E-state index contributed by atoms with van der Waals surface area (Å²) in [6.07, 6.45) is 1.54. The van der Waals surface area contributed by atoms with E-state index in [9.17, 15) is 5.11 Å². The zero-order valence-electron chi connectivity index (χ0n) is 12.1. The van der Waals surface area contributed by atoms with E-state index in [1.54, 1.807) is 14.2 Å². The van der Waals surface area contributed by atoms with Crippen LogP contribution in [0.2, 0.25) is 0 Å². The van der Waals surface area contributed by atoms with Crippen molar-refractivity contribution in [2.45, 2.75) is 25.9 Å². The number of aliphatic hydroxyl groups excluding tert-OH is 1. The summed E-state index contributed by atoms with van der Waals surface area (Å²) in [7, 11) is 3.33. The number of rotatable bonds is 9. The maximum Gasteiger partial charge on any atom is 0.124 e. The first-order valence-electron chi connectivity index (χ1n) is 6.71. The van der Waals surface area contributed by atoms with Crippen LogP contribution in [0.4, 0.5) is 0 Å². The summed E-state index contributed by atoms with van der Waals surface area (Å²) in [4.78, 5) is 0. The lowest BCUT2D eigenvalue weighted by molar-refractivity contribution is 0.168. The van der Waals surface area contributed by atoms with Gasteiger partial charge in [0.1, 0.15) is 5.75 Å². The molecule has 0 heterocycles. The molecule has 1 atom stereocenters. The number of benzene rings is 1. The number of ether oxygens (including phenoxy) is 2. The van der Waals surface area contributed by atoms with E-state index in [4.69, 9.17) is 9.47 Å². The average molecular weight is 267 g/mol. The molecule has 0 saturated carbocycles. The first kappa shape index (κ1) is 16.0. The van der Waals surface area contributed by atoms with Gasteiger partial charge < -0.3 is 19.9 Å². The third-order valence-electron chi connectivity index (χ3n) is 3.03. The molecule has 0 saturated heterocycles. The highest BCUT2D eigenvalue weighted by Crippen LogP contribution is 2.25. The summed E-state index contributed by atoms with van der Waals surface area (Å²) in [5.41, 5.74) is 1.96. The van der Waals surface area contributed by atoms with Gasteiger partial charge in [0, 0.05) is 25.8 Å². The molecule has 0 aromatic heterocycles. The Hall–Kier alpha value is -1.10. The van der Waals surface area contributed by atoms with Crippen LogP contribution in [0.3, 0.4) is 0 Å². The summed E-state index contributed by atoms with van der Waals surface area (Å²) in [6.45, 7) is 4.21. The van der Waals surface area contributed by atoms with Crippen LogP contribution in [-0.4, -0.2) is 39.0 Å². The van der Waals surface area contributed by atoms with Crippen molar-refractivity contribution in [1.29, 1.82) is 0 Å². The molecule has 19 heavy (non-hydrogen) atoms. The zero-order chi connectivity index (χ0) is 14.1. The highest BCUT2D eigenvalue weighted by molar-refractivity contribution is 5.38. The van der Waals surface area contributed by atoms with Crippen molar-refractivity contribution in [2.75, 3.05) is 33.9 Å². The summed E-state index contributed by atoms with van der Waals surface area (Å²) in [5.74, 6) is 0.735. The van der Waals surface area contributed by atoms with E-state index in [-0.39, 0.29) is 0 Å². The van der Waals surface area contributed by atoms with Crippen molar-refractivity contribution >= 4 is 0 Å². The molecule has 4 heteroatoms. The Kier molecular flexibility index (Phi) is 7.48. The summed E-state index contributed by atoms with van der Waals surface area (Å²) in [5, 5.41) is 13.4. The minimum absolute atomic E-state index is 0.535. The van der Waals surface area contributed by atoms with Gasteiger partial charge in [-0.25, -0.2) is 0 Å². The lowest BCUT2D eigenvalue weighted by atomic mass is 10.1. The minimum Gasteiger partial charge on any atom is -0.496 e. The Labute approximate surface area is 115 Å². The Morgan fingerprint density at radius 1 is 1.26 bits per heavy atom. The van der Waals surface area contributed by atoms with Crippen molar-refractivity contribution in [3.05, 3.63) is 29.3 Å². The van der Waals surface area contributed by atoms with Gasteiger partial charge in [-0.15, -0.1) is 0 Å². The minimum atomic E-state index is -0.544. The van der Waals surface area contributed by atoms with E-state index >= 15 is 0 Å². The van der Waals surface area contributed by atoms with E-state index in [1.807, 2.05) is 25.1 Å². The number of aryl methyl sites for hydroxylation is 1. The van der Waals surface area contributed by atoms with E-state index in [2.05, 4.69) is 5.32 Å². The van der Waals surface area contributed by atoms with Gasteiger partial charge in [-0.1, -0.05) is 11.6 Å². The van der Waals surface area contributed by atoms with Crippen molar-refractivity contribution in [3.63, 3.8) is 0 Å². The van der Waals surface area contributed by atoms with Crippen LogP contribution in [0.15, 0.2) is 18.2 Å². The number of unbranched alkanes of at least 4 members (excludes halogenated alkanes) is 1. The number of hydrogen-bond donors (Lipinski definition) is 2. The van der Waals surface area contributed by atoms with Crippen LogP contribution in [0.5, 0.6) is 5.75 Å². The fraction of sp³-hybridized carbons (Fsp3) is 0.600. The Morgan fingerprint density at radius 2 is 2.05 bits per heavy atom. The highest BCUT2D eigenvalue weighted by atomic mass is 16.5. The van der Waals surface area contributed by atoms with Crippen LogP contribution >= 0.6 is 0 Å². The quantitative estimate of drug-likeness (QED) is 0.672. The molecular formula is C15H25NO3. The van der Waals surface area contributed by atoms with Crippen LogP contribution in [0, 0.1) is 6.92 Å². The lowest BCUT2D eigenvalue weighted by Crippen LogP contribution is -2.23. The smallest absolute Gasteiger partial charge is 0.124 e. The van der Waals surface area contributed by atoms with Gasteiger partial charge in [0.2, 0.25) is 0 Å². The zero-order valence-corrected chi connectivity index (χ0v) is 12.1. The van der Waals surface area contributed by atoms with E-state index in [0.29, 0.717) is 6.54 Å². The molecule has 2 N–H and O–H groups in total. The number of nitrogens with one attached hydrogen (secondary N) is 1. The summed E-state index contributed by atoms with van der Waals surface area (Å²) in [6, 6.07) is 5.84. The van der Waals surface area contributed by atoms with Crippen molar-refractivity contribution in [2.24, 2.45) is 0 Å². The second kappa shape index (κ2) is 8.91. The van der Waals surface area contributed by atoms with Crippen molar-refractivity contribution in [3.8, 4) is 5.75 Å². The number of hydrogen-bond acceptors (Lipinski definition) is 4. The first-order chi connectivity index (χ1) is 9.19. The van der Waals surface area contributed by atoms with E-state index < -0.39 is 6.10 Å². The van der Waals surface area contributed by atoms with Gasteiger partial charge in [0.25, 0.3) is 0 Å². The molecule has 0 fully saturated rings. The predicted octanol–water partition coefficient (Wildman–Crippen LogP) is 2.05. The molecule has 108 valence electrons. The third-order valence-corrected chi connectivity index (χ3v) is 3.03. The van der Waals surface area contributed by atoms with Gasteiger partial charge in [0.15, 0.2) is 0 Å². The van der Waals surface area contributed by atoms with E-state index in [0.717, 1.165) is 42.9 Å². The standard InChI is InChI=1S/C15H25NO3/c1-12-6-7-15(19-3)13(10-12)14(17)11-16-8-4-5-9-18-2/h6-7,10,14,16-17H,4-5,8-9,11H2,1-3H3. The van der Waals surface area contributed by atoms with Crippen LogP contribution in [0.25, 0.3) is 0 Å². The molecule has 1 unspecified atom stereocenters. The molecule has 0 radical (unpaired) electrons. The first-order valence-corrected chi connectivity index (χ1v) is 6.71. The monoisotopic (exact) mass is 267 g/mol. The van der Waals surface area contributed by atoms with Gasteiger partial charge in [0.05, 0.1) is 13.2 Å². The highest BCUT2D eigenvalue weighted by Gasteiger charge is 2.12. The lowest BCUT2D eigenvalue weighted by Gasteiger charge is -2.16. The predicted molar refractivity (Wildman–Crippen MR) is 76.7 cm³/mol. The largest absolute Gasteiger partial charge is 0.496 e. The normalized spacial score (nSPS) is 12.4. The molecule has 0 bridgehead atoms. The van der Waals surface area contributed by atoms with Gasteiger partial charge in [-0.05, 0) is 38.4 Å². The Balaban J connectivity index is 2.40. The Morgan fingerprint density at radius 3 is 2.74 bits per heavy atom. The third kappa shape index (κ3) is 5.59. The van der Waals surface area contributed by atoms with E-state index in [1.165, 1.54) is 0 Å². The molecule has 1 rings (SSSR count). The van der Waals surface area contributed by atoms with Crippen molar-refractivity contribution in [1.82, 2.24) is 5.32 Å². The van der Waals surface area contributed by atoms with Gasteiger partial charge >= 0.3 is 0 Å². The maximum atomic E-state index is 10.2. The molecule has 1 aromatic carbocycles. The molecule has 0 aliphatic heterocycles. The maximum absolute atomic E-state index is 10.2.